The predicted octanol–water partition coefficient (Wildman–Crippen LogP) is 5.17. The second-order valence-electron chi connectivity index (χ2n) is 8.51. The number of benzene rings is 2. The molecule has 3 aromatic rings. The maximum Gasteiger partial charge on any atom is 0.471 e. The van der Waals surface area contributed by atoms with E-state index in [1.165, 1.54) is 0 Å². The Kier molecular flexibility index (Phi) is 5.99. The highest BCUT2D eigenvalue weighted by Gasteiger charge is 2.40. The van der Waals surface area contributed by atoms with E-state index in [0.717, 1.165) is 18.4 Å². The fourth-order valence-corrected chi connectivity index (χ4v) is 4.49. The first-order valence-corrected chi connectivity index (χ1v) is 11.1. The minimum absolute atomic E-state index is 0.0907. The zero-order valence-electron chi connectivity index (χ0n) is 18.2. The number of hydrogen-bond donors (Lipinski definition) is 0. The quantitative estimate of drug-likeness (QED) is 0.513. The molecule has 0 spiro atoms. The van der Waals surface area contributed by atoms with Crippen LogP contribution in [-0.4, -0.2) is 47.4 Å². The van der Waals surface area contributed by atoms with E-state index in [1.54, 1.807) is 29.2 Å². The zero-order chi connectivity index (χ0) is 23.7. The molecule has 5 rings (SSSR count). The van der Waals surface area contributed by atoms with Crippen molar-refractivity contribution < 1.29 is 27.2 Å². The molecule has 1 aromatic heterocycles. The zero-order valence-corrected chi connectivity index (χ0v) is 18.2. The van der Waals surface area contributed by atoms with Gasteiger partial charge in [-0.1, -0.05) is 35.5 Å². The summed E-state index contributed by atoms with van der Waals surface area (Å²) >= 11 is 0. The van der Waals surface area contributed by atoms with Crippen LogP contribution in [-0.2, 0) is 10.9 Å². The van der Waals surface area contributed by atoms with Crippen LogP contribution in [0.3, 0.4) is 0 Å². The van der Waals surface area contributed by atoms with Crippen molar-refractivity contribution in [1.29, 1.82) is 0 Å². The van der Waals surface area contributed by atoms with Crippen LogP contribution in [0.15, 0.2) is 59.1 Å². The minimum atomic E-state index is -4.70. The first kappa shape index (κ1) is 22.4. The van der Waals surface area contributed by atoms with Crippen molar-refractivity contribution in [3.63, 3.8) is 0 Å². The SMILES string of the molecule is O=C1N(CC2CCOCC2)CC(c2ccccc2)N1c1ccc(-c2noc(C(F)(F)F)n2)cc1. The number of alkyl halides is 3. The Bertz CT molecular complexity index is 1130. The second kappa shape index (κ2) is 9.09. The van der Waals surface area contributed by atoms with Crippen molar-refractivity contribution in [3.8, 4) is 11.4 Å². The molecular formula is C24H23F3N4O3. The predicted molar refractivity (Wildman–Crippen MR) is 117 cm³/mol. The van der Waals surface area contributed by atoms with E-state index in [1.807, 2.05) is 35.2 Å². The molecule has 10 heteroatoms. The van der Waals surface area contributed by atoms with Gasteiger partial charge in [0, 0.05) is 37.6 Å². The summed E-state index contributed by atoms with van der Waals surface area (Å²) in [5.41, 5.74) is 2.03. The molecule has 34 heavy (non-hydrogen) atoms. The number of anilines is 1. The lowest BCUT2D eigenvalue weighted by Crippen LogP contribution is -2.36. The van der Waals surface area contributed by atoms with Crippen molar-refractivity contribution in [2.75, 3.05) is 31.2 Å². The summed E-state index contributed by atoms with van der Waals surface area (Å²) in [6.07, 6.45) is -2.85. The highest BCUT2D eigenvalue weighted by molar-refractivity contribution is 5.95. The topological polar surface area (TPSA) is 71.7 Å². The molecule has 1 unspecified atom stereocenters. The number of ether oxygens (including phenoxy) is 1. The Morgan fingerprint density at radius 3 is 2.35 bits per heavy atom. The van der Waals surface area contributed by atoms with Gasteiger partial charge in [-0.3, -0.25) is 4.90 Å². The van der Waals surface area contributed by atoms with Crippen LogP contribution in [0.25, 0.3) is 11.4 Å². The third kappa shape index (κ3) is 4.50. The molecule has 0 saturated carbocycles. The molecule has 2 saturated heterocycles. The lowest BCUT2D eigenvalue weighted by molar-refractivity contribution is -0.159. The molecule has 3 heterocycles. The smallest absolute Gasteiger partial charge is 0.381 e. The van der Waals surface area contributed by atoms with Crippen molar-refractivity contribution in [2.45, 2.75) is 25.1 Å². The van der Waals surface area contributed by atoms with Crippen molar-refractivity contribution in [3.05, 3.63) is 66.1 Å². The number of amides is 2. The lowest BCUT2D eigenvalue weighted by Gasteiger charge is -2.27. The number of aromatic nitrogens is 2. The molecule has 2 amide bonds. The second-order valence-corrected chi connectivity index (χ2v) is 8.51. The molecule has 0 N–H and O–H groups in total. The first-order valence-electron chi connectivity index (χ1n) is 11.1. The van der Waals surface area contributed by atoms with Crippen LogP contribution in [0.1, 0.15) is 30.3 Å². The van der Waals surface area contributed by atoms with Gasteiger partial charge in [0.05, 0.1) is 6.04 Å². The van der Waals surface area contributed by atoms with Crippen LogP contribution >= 0.6 is 0 Å². The summed E-state index contributed by atoms with van der Waals surface area (Å²) in [5, 5.41) is 3.43. The van der Waals surface area contributed by atoms with Gasteiger partial charge in [0.2, 0.25) is 5.82 Å². The molecule has 178 valence electrons. The third-order valence-electron chi connectivity index (χ3n) is 6.26. The van der Waals surface area contributed by atoms with Crippen LogP contribution in [0, 0.1) is 5.92 Å². The molecular weight excluding hydrogens is 449 g/mol. The van der Waals surface area contributed by atoms with Gasteiger partial charge in [-0.15, -0.1) is 0 Å². The largest absolute Gasteiger partial charge is 0.471 e. The Morgan fingerprint density at radius 2 is 1.71 bits per heavy atom. The maximum absolute atomic E-state index is 13.5. The number of rotatable bonds is 5. The number of nitrogens with zero attached hydrogens (tertiary/aromatic N) is 4. The average molecular weight is 472 g/mol. The molecule has 0 radical (unpaired) electrons. The molecule has 1 atom stereocenters. The Labute approximate surface area is 194 Å². The van der Waals surface area contributed by atoms with Crippen molar-refractivity contribution >= 4 is 11.7 Å². The monoisotopic (exact) mass is 472 g/mol. The standard InChI is InChI=1S/C24H23F3N4O3/c25-24(26,27)22-28-21(29-34-22)18-6-8-19(9-7-18)31-20(17-4-2-1-3-5-17)15-30(23(31)32)14-16-10-12-33-13-11-16/h1-9,16,20H,10-15H2. The molecule has 0 aliphatic carbocycles. The normalized spacial score (nSPS) is 19.7. The van der Waals surface area contributed by atoms with Gasteiger partial charge in [-0.2, -0.15) is 18.2 Å². The van der Waals surface area contributed by atoms with Gasteiger partial charge in [-0.05, 0) is 48.6 Å². The third-order valence-corrected chi connectivity index (χ3v) is 6.26. The average Bonchev–Trinajstić information content (AvgIpc) is 3.47. The van der Waals surface area contributed by atoms with Crippen LogP contribution < -0.4 is 4.90 Å². The molecule has 0 bridgehead atoms. The molecule has 2 fully saturated rings. The van der Waals surface area contributed by atoms with Gasteiger partial charge < -0.3 is 14.2 Å². The minimum Gasteiger partial charge on any atom is -0.381 e. The number of carbonyl (C=O) groups excluding carboxylic acids is 1. The van der Waals surface area contributed by atoms with E-state index < -0.39 is 12.1 Å². The molecule has 2 aliphatic heterocycles. The van der Waals surface area contributed by atoms with Gasteiger partial charge in [0.25, 0.3) is 0 Å². The van der Waals surface area contributed by atoms with Gasteiger partial charge in [-0.25, -0.2) is 4.79 Å². The summed E-state index contributed by atoms with van der Waals surface area (Å²) in [6.45, 7) is 2.66. The number of hydrogen-bond acceptors (Lipinski definition) is 5. The van der Waals surface area contributed by atoms with Crippen LogP contribution in [0.2, 0.25) is 0 Å². The summed E-state index contributed by atoms with van der Waals surface area (Å²) < 4.78 is 48.1. The maximum atomic E-state index is 13.5. The highest BCUT2D eigenvalue weighted by Crippen LogP contribution is 2.36. The van der Waals surface area contributed by atoms with E-state index in [9.17, 15) is 18.0 Å². The Hall–Kier alpha value is -3.40. The van der Waals surface area contributed by atoms with E-state index >= 15 is 0 Å². The van der Waals surface area contributed by atoms with E-state index in [0.29, 0.717) is 43.5 Å². The van der Waals surface area contributed by atoms with Crippen LogP contribution in [0.5, 0.6) is 0 Å². The lowest BCUT2D eigenvalue weighted by atomic mass is 9.99. The summed E-state index contributed by atoms with van der Waals surface area (Å²) in [7, 11) is 0. The molecule has 7 nitrogen and oxygen atoms in total. The Balaban J connectivity index is 1.41. The summed E-state index contributed by atoms with van der Waals surface area (Å²) in [6, 6.07) is 16.1. The Morgan fingerprint density at radius 1 is 1.00 bits per heavy atom. The van der Waals surface area contributed by atoms with Gasteiger partial charge in [0.1, 0.15) is 0 Å². The van der Waals surface area contributed by atoms with Crippen molar-refractivity contribution in [1.82, 2.24) is 15.0 Å². The molecule has 2 aliphatic rings. The number of urea groups is 1. The van der Waals surface area contributed by atoms with Gasteiger partial charge in [0.15, 0.2) is 0 Å². The summed E-state index contributed by atoms with van der Waals surface area (Å²) in [5.74, 6) is -1.15. The van der Waals surface area contributed by atoms with Crippen LogP contribution in [0.4, 0.5) is 23.7 Å². The van der Waals surface area contributed by atoms with Crippen molar-refractivity contribution in [2.24, 2.45) is 5.92 Å². The fourth-order valence-electron chi connectivity index (χ4n) is 4.49. The number of carbonyl (C=O) groups is 1. The first-order chi connectivity index (χ1) is 16.4. The van der Waals surface area contributed by atoms with E-state index in [4.69, 9.17) is 4.74 Å². The fraction of sp³-hybridized carbons (Fsp3) is 0.375. The van der Waals surface area contributed by atoms with Gasteiger partial charge >= 0.3 is 18.1 Å². The highest BCUT2D eigenvalue weighted by atomic mass is 19.4. The summed E-state index contributed by atoms with van der Waals surface area (Å²) in [4.78, 5) is 20.6. The number of halogens is 3. The van der Waals surface area contributed by atoms with E-state index in [2.05, 4.69) is 14.7 Å². The van der Waals surface area contributed by atoms with E-state index in [-0.39, 0.29) is 17.9 Å². The molecule has 2 aromatic carbocycles.